The number of hydrogen-bond acceptors (Lipinski definition) is 58. The SMILES string of the molecule is CC(=O)N[C@H]1[C@H](O[C@H]2[C@H](O)[C@@H](NC(C)=O)C(O)O[C@@H]2CO)O[C@H](CO)[C@@H](O[C@@H]2O[C@H](CO[C@H]3O[C@H](CO)[C@@H](O)[C@H](O)[C@@H]3O[C@@H]3O[C@H](CO)[C@@H](O[C@@H]4O[C@H](CO)[C@H](O)[C@H](O[C@@H]5O[C@H](CO)[C@@H](O)[C@H](O)[C@H]5NC(C)=O)[C@H]4O)[C@H](O)[C@H]3NC(C)=O)[C@@H](O)[C@H](O[C@H]3O[C@H](CO)[C@@H](O)[C@H](O)[C@@H]3O[C@@H]3O[C@H](CO)[C@@H](O[C@@H]4O[C@H](CO[C@]5(C(=O)O)C[C@H](O)[C@@H](NC(C)=O)[C@H]([C@H](O)[C@H](O)CO)O5)[C@H](O)[C@H](O)[C@H]4O)[C@H](O)[C@H]3NC(C)=O)[C@@H]2O)[C@@H]1O. The molecule has 65 nitrogen and oxygen atoms in total. The van der Waals surface area contributed by atoms with Crippen LogP contribution in [0.4, 0.5) is 0 Å². The zero-order chi connectivity index (χ0) is 108. The van der Waals surface area contributed by atoms with Gasteiger partial charge in [-0.05, 0) is 0 Å². The third kappa shape index (κ3) is 26.9. The van der Waals surface area contributed by atoms with Gasteiger partial charge in [-0.25, -0.2) is 4.79 Å². The summed E-state index contributed by atoms with van der Waals surface area (Å²) in [5.74, 6) is -10.8. The van der Waals surface area contributed by atoms with Crippen molar-refractivity contribution in [3.05, 3.63) is 0 Å². The van der Waals surface area contributed by atoms with Gasteiger partial charge in [0.25, 0.3) is 5.79 Å². The molecular formula is C81H134N6O59. The molecule has 1 unspecified atom stereocenters. The van der Waals surface area contributed by atoms with Crippen LogP contribution >= 0.6 is 0 Å². The topological polar surface area (TPSA) is 1010 Å². The maximum absolute atomic E-state index is 13.3. The summed E-state index contributed by atoms with van der Waals surface area (Å²) >= 11 is 0. The highest BCUT2D eigenvalue weighted by Crippen LogP contribution is 2.43. The summed E-state index contributed by atoms with van der Waals surface area (Å²) in [6, 6.07) is -11.3. The Bertz CT molecular complexity index is 4170. The highest BCUT2D eigenvalue weighted by molar-refractivity contribution is 5.77. The number of carbonyl (C=O) groups excluding carboxylic acids is 6. The zero-order valence-electron chi connectivity index (χ0n) is 78.5. The van der Waals surface area contributed by atoms with Crippen LogP contribution in [0.5, 0.6) is 0 Å². The van der Waals surface area contributed by atoms with E-state index in [1.54, 1.807) is 0 Å². The van der Waals surface area contributed by atoms with Crippen molar-refractivity contribution in [1.82, 2.24) is 31.9 Å². The van der Waals surface area contributed by atoms with Crippen LogP contribution in [0.3, 0.4) is 0 Å². The summed E-state index contributed by atoms with van der Waals surface area (Å²) in [6.45, 7) is -7.66. The van der Waals surface area contributed by atoms with Crippen molar-refractivity contribution in [1.29, 1.82) is 0 Å². The van der Waals surface area contributed by atoms with E-state index < -0.39 is 464 Å². The Hall–Kier alpha value is -5.75. The highest BCUT2D eigenvalue weighted by atomic mass is 16.8. The van der Waals surface area contributed by atoms with E-state index in [1.165, 1.54) is 0 Å². The van der Waals surface area contributed by atoms with Crippen LogP contribution in [-0.2, 0) is 133 Å². The first-order valence-corrected chi connectivity index (χ1v) is 46.3. The van der Waals surface area contributed by atoms with Gasteiger partial charge in [-0.1, -0.05) is 0 Å². The Labute approximate surface area is 825 Å². The summed E-state index contributed by atoms with van der Waals surface area (Å²) < 4.78 is 125. The molecule has 0 radical (unpaired) electrons. The number of ether oxygens (including phenoxy) is 21. The molecule has 11 rings (SSSR count). The lowest BCUT2D eigenvalue weighted by Crippen LogP contribution is -2.71. The summed E-state index contributed by atoms with van der Waals surface area (Å²) in [4.78, 5) is 89.6. The smallest absolute Gasteiger partial charge is 0.364 e. The monoisotopic (exact) mass is 2130 g/mol. The van der Waals surface area contributed by atoms with Crippen molar-refractivity contribution in [2.45, 2.75) is 391 Å². The molecule has 11 saturated heterocycles. The van der Waals surface area contributed by atoms with E-state index in [-0.39, 0.29) is 0 Å². The van der Waals surface area contributed by atoms with E-state index in [2.05, 4.69) is 31.9 Å². The molecule has 0 aromatic heterocycles. The Morgan fingerprint density at radius 1 is 0.281 bits per heavy atom. The quantitative estimate of drug-likeness (QED) is 0.0271. The van der Waals surface area contributed by atoms with Gasteiger partial charge in [-0.3, -0.25) is 28.8 Å². The third-order valence-electron chi connectivity index (χ3n) is 26.4. The molecule has 11 aliphatic rings. The fraction of sp³-hybridized carbons (Fsp3) is 0.914. The molecule has 0 aliphatic carbocycles. The van der Waals surface area contributed by atoms with Gasteiger partial charge in [0.1, 0.15) is 262 Å². The van der Waals surface area contributed by atoms with Gasteiger partial charge in [0, 0.05) is 48.0 Å². The van der Waals surface area contributed by atoms with Crippen LogP contribution in [0.15, 0.2) is 0 Å². The van der Waals surface area contributed by atoms with Crippen LogP contribution < -0.4 is 31.9 Å². The fourth-order valence-corrected chi connectivity index (χ4v) is 18.8. The van der Waals surface area contributed by atoms with Crippen LogP contribution in [-0.4, -0.2) is 615 Å². The van der Waals surface area contributed by atoms with Crippen LogP contribution in [0.25, 0.3) is 0 Å². The predicted molar refractivity (Wildman–Crippen MR) is 449 cm³/mol. The van der Waals surface area contributed by atoms with Crippen molar-refractivity contribution in [3.8, 4) is 0 Å². The van der Waals surface area contributed by atoms with Crippen LogP contribution in [0.2, 0.25) is 0 Å². The van der Waals surface area contributed by atoms with Gasteiger partial charge < -0.3 is 290 Å². The summed E-state index contributed by atoms with van der Waals surface area (Å²) in [7, 11) is 0. The van der Waals surface area contributed by atoms with E-state index in [4.69, 9.17) is 99.5 Å². The Morgan fingerprint density at radius 3 is 0.959 bits per heavy atom. The van der Waals surface area contributed by atoms with Gasteiger partial charge in [-0.2, -0.15) is 0 Å². The molecular weight excluding hydrogens is 2000 g/mol. The van der Waals surface area contributed by atoms with Crippen LogP contribution in [0.1, 0.15) is 48.0 Å². The number of nitrogens with one attached hydrogen (secondary N) is 6. The standard InChI is InChI=1S/C81H134N6O59/c1-19(97)82-37-25(103)7-81(80(124)125,146-65(37)43(105)26(104)8-88)127-18-36-47(109)55(117)58(120)75(137-36)139-62-32(14-94)135-74(42(53(62)115)87-24(6)102)145-69-57(119)46(108)29(11-91)132-79(69)143-67-49(111)35(136-77(60(67)122)141-64-33(15-95)133-72(40(52(64)114)85-22(4)100)138-61-31(13-93)128-70(123)38(51(61)113)83-20(2)98)17-126-78-68(56(118)45(107)28(10-90)131-78)144-73-41(86-23(5)101)54(116)63(34(16-96)134-73)140-76-59(121)66(48(110)30(12-92)130-76)142-71-39(84-21(3)99)50(112)44(106)27(9-89)129-71/h25-79,88-96,103-123H,7-18H2,1-6H3,(H,82,97)(H,83,98)(H,84,99)(H,85,100)(H,86,101)(H,87,102)(H,124,125)/t25-,26+,27+,28+,29+,30+,31+,32+,33+,34+,35+,36+,37+,38+,39+,40+,41+,42+,43+,44+,45+,46+,47-,48-,49+,50+,51+,52+,53+,54+,55-,56-,57-,58+,59+,60-,61+,62+,63+,64+,65+,66-,67-,68-,69-,70?,71-,72-,73-,74-,75-,76-,77-,78-,79+,81+/m0/s1. The average molecular weight is 2140 g/mol. The predicted octanol–water partition coefficient (Wildman–Crippen LogP) is -24.9. The van der Waals surface area contributed by atoms with Gasteiger partial charge in [0.15, 0.2) is 62.9 Å². The van der Waals surface area contributed by atoms with Gasteiger partial charge in [-0.15, -0.1) is 0 Å². The zero-order valence-corrected chi connectivity index (χ0v) is 78.5. The molecule has 11 aliphatic heterocycles. The van der Waals surface area contributed by atoms with Crippen LogP contribution in [0, 0.1) is 0 Å². The first kappa shape index (κ1) is 120. The van der Waals surface area contributed by atoms with E-state index in [0.29, 0.717) is 0 Å². The second kappa shape index (κ2) is 52.5. The van der Waals surface area contributed by atoms with Crippen molar-refractivity contribution >= 4 is 41.4 Å². The molecule has 0 aromatic carbocycles. The summed E-state index contributed by atoms with van der Waals surface area (Å²) in [5, 5.41) is 364. The molecule has 842 valence electrons. The second-order valence-electron chi connectivity index (χ2n) is 36.7. The maximum Gasteiger partial charge on any atom is 0.364 e. The Balaban J connectivity index is 0.895. The molecule has 0 saturated carbocycles. The average Bonchev–Trinajstić information content (AvgIpc) is 0.766. The molecule has 56 atom stereocenters. The van der Waals surface area contributed by atoms with Crippen molar-refractivity contribution < 1.29 is 291 Å². The molecule has 0 spiro atoms. The lowest BCUT2D eigenvalue weighted by atomic mass is 9.88. The lowest BCUT2D eigenvalue weighted by molar-refractivity contribution is -0.399. The minimum atomic E-state index is -3.13. The molecule has 6 amide bonds. The van der Waals surface area contributed by atoms with Gasteiger partial charge in [0.05, 0.1) is 84.8 Å². The molecule has 146 heavy (non-hydrogen) atoms. The number of amides is 6. The first-order chi connectivity index (χ1) is 68.9. The number of hydrogen-bond donors (Lipinski definition) is 37. The molecule has 37 N–H and O–H groups in total. The fourth-order valence-electron chi connectivity index (χ4n) is 18.8. The maximum atomic E-state index is 13.3. The number of carboxylic acid groups (broad SMARTS) is 1. The van der Waals surface area contributed by atoms with E-state index in [9.17, 15) is 192 Å². The number of aliphatic hydroxyl groups excluding tert-OH is 30. The minimum absolute atomic E-state index is 0.830. The van der Waals surface area contributed by atoms with Crippen molar-refractivity contribution in [2.75, 3.05) is 72.7 Å². The van der Waals surface area contributed by atoms with E-state index >= 15 is 0 Å². The van der Waals surface area contributed by atoms with Gasteiger partial charge in [0.2, 0.25) is 35.4 Å². The summed E-state index contributed by atoms with van der Waals surface area (Å²) in [6.07, 6.45) is -109. The van der Waals surface area contributed by atoms with Crippen molar-refractivity contribution in [2.24, 2.45) is 0 Å². The Morgan fingerprint density at radius 2 is 0.562 bits per heavy atom. The lowest BCUT2D eigenvalue weighted by Gasteiger charge is -2.51. The second-order valence-corrected chi connectivity index (χ2v) is 36.7. The normalized spacial score (nSPS) is 47.0. The molecule has 0 bridgehead atoms. The number of carboxylic acids is 1. The first-order valence-electron chi connectivity index (χ1n) is 46.3. The molecule has 11 fully saturated rings. The minimum Gasteiger partial charge on any atom is -0.477 e. The summed E-state index contributed by atoms with van der Waals surface area (Å²) in [5.41, 5.74) is 0. The molecule has 65 heteroatoms. The number of carbonyl (C=O) groups is 7. The Kier molecular flexibility index (Phi) is 43.3. The molecule has 11 heterocycles. The van der Waals surface area contributed by atoms with Crippen molar-refractivity contribution in [3.63, 3.8) is 0 Å². The van der Waals surface area contributed by atoms with E-state index in [1.807, 2.05) is 0 Å². The highest BCUT2D eigenvalue weighted by Gasteiger charge is 2.64. The third-order valence-corrected chi connectivity index (χ3v) is 26.4. The molecule has 0 aromatic rings. The largest absolute Gasteiger partial charge is 0.477 e. The number of aliphatic carboxylic acids is 1. The number of aliphatic hydroxyl groups is 30. The van der Waals surface area contributed by atoms with Gasteiger partial charge >= 0.3 is 5.97 Å². The number of rotatable bonds is 40. The van der Waals surface area contributed by atoms with E-state index in [0.717, 1.165) is 41.5 Å².